The van der Waals surface area contributed by atoms with Crippen LogP contribution in [0.15, 0.2) is 36.4 Å². The minimum absolute atomic E-state index is 0.278. The Bertz CT molecular complexity index is 718. The normalized spacial score (nSPS) is 16.5. The van der Waals surface area contributed by atoms with Gasteiger partial charge in [-0.05, 0) is 24.8 Å². The molecule has 4 nitrogen and oxygen atoms in total. The van der Waals surface area contributed by atoms with Gasteiger partial charge in [-0.15, -0.1) is 0 Å². The van der Waals surface area contributed by atoms with E-state index in [-0.39, 0.29) is 11.1 Å². The summed E-state index contributed by atoms with van der Waals surface area (Å²) in [7, 11) is 0. The number of alkyl halides is 5. The van der Waals surface area contributed by atoms with Crippen LogP contribution in [0.2, 0.25) is 0 Å². The molecule has 26 heavy (non-hydrogen) atoms. The summed E-state index contributed by atoms with van der Waals surface area (Å²) >= 11 is 0. The van der Waals surface area contributed by atoms with Crippen molar-refractivity contribution < 1.29 is 41.4 Å². The summed E-state index contributed by atoms with van der Waals surface area (Å²) in [5.41, 5.74) is -2.46. The van der Waals surface area contributed by atoms with Gasteiger partial charge in [-0.25, -0.2) is 4.79 Å². The van der Waals surface area contributed by atoms with Gasteiger partial charge in [0.1, 0.15) is 5.60 Å². The molecule has 0 saturated heterocycles. The lowest BCUT2D eigenvalue weighted by Gasteiger charge is -2.41. The van der Waals surface area contributed by atoms with Gasteiger partial charge in [0.15, 0.2) is 0 Å². The van der Waals surface area contributed by atoms with Crippen LogP contribution >= 0.6 is 0 Å². The molecule has 0 aromatic heterocycles. The number of carboxylic acid groups (broad SMARTS) is 1. The number of carbonyl (C=O) groups is 2. The molecule has 0 atom stereocenters. The van der Waals surface area contributed by atoms with Gasteiger partial charge in [-0.3, -0.25) is 4.79 Å². The van der Waals surface area contributed by atoms with Crippen molar-refractivity contribution in [2.24, 2.45) is 0 Å². The molecule has 0 bridgehead atoms. The SMILES string of the molecule is C=C(CC(=O)OC1(c2ccc(C(F)(F)C(F)(F)F)cc2)CCC1)C(=O)O. The highest BCUT2D eigenvalue weighted by atomic mass is 19.4. The summed E-state index contributed by atoms with van der Waals surface area (Å²) in [4.78, 5) is 22.6. The lowest BCUT2D eigenvalue weighted by atomic mass is 9.74. The minimum Gasteiger partial charge on any atom is -0.478 e. The molecule has 1 fully saturated rings. The van der Waals surface area contributed by atoms with E-state index in [0.29, 0.717) is 31.4 Å². The maximum absolute atomic E-state index is 13.3. The van der Waals surface area contributed by atoms with Gasteiger partial charge in [0.25, 0.3) is 0 Å². The zero-order chi connectivity index (χ0) is 19.8. The molecule has 0 amide bonds. The second kappa shape index (κ2) is 6.69. The van der Waals surface area contributed by atoms with Crippen LogP contribution in [0.1, 0.15) is 36.8 Å². The molecule has 0 aliphatic heterocycles. The Hall–Kier alpha value is -2.45. The Kier molecular flexibility index (Phi) is 5.12. The highest BCUT2D eigenvalue weighted by Crippen LogP contribution is 2.47. The first kappa shape index (κ1) is 19.9. The predicted octanol–water partition coefficient (Wildman–Crippen LogP) is 4.29. The number of hydrogen-bond acceptors (Lipinski definition) is 3. The molecule has 0 heterocycles. The van der Waals surface area contributed by atoms with Crippen molar-refractivity contribution in [2.45, 2.75) is 43.4 Å². The smallest absolute Gasteiger partial charge is 0.458 e. The lowest BCUT2D eigenvalue weighted by Crippen LogP contribution is -2.39. The Morgan fingerprint density at radius 3 is 2.04 bits per heavy atom. The molecule has 142 valence electrons. The van der Waals surface area contributed by atoms with Crippen LogP contribution in [0.5, 0.6) is 0 Å². The van der Waals surface area contributed by atoms with Crippen molar-refractivity contribution in [3.63, 3.8) is 0 Å². The third-order valence-corrected chi connectivity index (χ3v) is 4.26. The minimum atomic E-state index is -5.72. The first-order valence-corrected chi connectivity index (χ1v) is 7.57. The van der Waals surface area contributed by atoms with Gasteiger partial charge >= 0.3 is 24.0 Å². The molecular formula is C17H15F5O4. The van der Waals surface area contributed by atoms with Crippen LogP contribution in [-0.4, -0.2) is 23.2 Å². The van der Waals surface area contributed by atoms with E-state index in [9.17, 15) is 31.5 Å². The number of ether oxygens (including phenoxy) is 1. The monoisotopic (exact) mass is 378 g/mol. The molecule has 2 rings (SSSR count). The average Bonchev–Trinajstić information content (AvgIpc) is 2.49. The van der Waals surface area contributed by atoms with Crippen LogP contribution in [0.4, 0.5) is 22.0 Å². The molecule has 1 aliphatic carbocycles. The molecule has 1 aliphatic rings. The second-order valence-corrected chi connectivity index (χ2v) is 6.06. The summed E-state index contributed by atoms with van der Waals surface area (Å²) in [6.07, 6.45) is -4.90. The summed E-state index contributed by atoms with van der Waals surface area (Å²) in [6.45, 7) is 3.21. The van der Waals surface area contributed by atoms with Gasteiger partial charge in [-0.2, -0.15) is 22.0 Å². The van der Waals surface area contributed by atoms with E-state index in [2.05, 4.69) is 6.58 Å². The molecular weight excluding hydrogens is 363 g/mol. The van der Waals surface area contributed by atoms with E-state index in [1.54, 1.807) is 0 Å². The number of carboxylic acids is 1. The van der Waals surface area contributed by atoms with Crippen molar-refractivity contribution in [3.05, 3.63) is 47.5 Å². The van der Waals surface area contributed by atoms with Gasteiger partial charge < -0.3 is 9.84 Å². The zero-order valence-electron chi connectivity index (χ0n) is 13.4. The molecule has 1 aromatic rings. The van der Waals surface area contributed by atoms with E-state index in [0.717, 1.165) is 12.1 Å². The summed E-state index contributed by atoms with van der Waals surface area (Å²) in [5, 5.41) is 8.72. The highest BCUT2D eigenvalue weighted by Gasteiger charge is 2.58. The van der Waals surface area contributed by atoms with E-state index >= 15 is 0 Å². The molecule has 0 spiro atoms. The Balaban J connectivity index is 2.19. The number of hydrogen-bond donors (Lipinski definition) is 1. The predicted molar refractivity (Wildman–Crippen MR) is 79.4 cm³/mol. The molecule has 1 N–H and O–H groups in total. The van der Waals surface area contributed by atoms with Crippen LogP contribution in [0.3, 0.4) is 0 Å². The topological polar surface area (TPSA) is 63.6 Å². The molecule has 0 radical (unpaired) electrons. The van der Waals surface area contributed by atoms with Crippen LogP contribution in [0.25, 0.3) is 0 Å². The maximum atomic E-state index is 13.3. The number of benzene rings is 1. The van der Waals surface area contributed by atoms with E-state index in [4.69, 9.17) is 9.84 Å². The van der Waals surface area contributed by atoms with E-state index in [1.807, 2.05) is 0 Å². The first-order chi connectivity index (χ1) is 11.9. The number of esters is 1. The molecule has 0 unspecified atom stereocenters. The molecule has 1 aromatic carbocycles. The number of halogens is 5. The highest BCUT2D eigenvalue weighted by molar-refractivity contribution is 5.91. The fourth-order valence-corrected chi connectivity index (χ4v) is 2.60. The van der Waals surface area contributed by atoms with Gasteiger partial charge in [-0.1, -0.05) is 30.8 Å². The maximum Gasteiger partial charge on any atom is 0.458 e. The third-order valence-electron chi connectivity index (χ3n) is 4.26. The lowest BCUT2D eigenvalue weighted by molar-refractivity contribution is -0.289. The molecule has 9 heteroatoms. The van der Waals surface area contributed by atoms with Gasteiger partial charge in [0.2, 0.25) is 0 Å². The van der Waals surface area contributed by atoms with Crippen LogP contribution < -0.4 is 0 Å². The summed E-state index contributed by atoms with van der Waals surface area (Å²) < 4.78 is 69.2. The van der Waals surface area contributed by atoms with Crippen molar-refractivity contribution in [1.82, 2.24) is 0 Å². The van der Waals surface area contributed by atoms with Crippen molar-refractivity contribution in [3.8, 4) is 0 Å². The fraction of sp³-hybridized carbons (Fsp3) is 0.412. The summed E-state index contributed by atoms with van der Waals surface area (Å²) in [6, 6.07) is 3.42. The standard InChI is InChI=1S/C17H15F5O4/c1-10(14(24)25)9-13(23)26-15(7-2-8-15)11-3-5-12(6-4-11)16(18,19)17(20,21)22/h3-6H,1-2,7-9H2,(H,24,25). The Morgan fingerprint density at radius 1 is 1.12 bits per heavy atom. The zero-order valence-corrected chi connectivity index (χ0v) is 13.4. The van der Waals surface area contributed by atoms with E-state index < -0.39 is 41.6 Å². The van der Waals surface area contributed by atoms with Gasteiger partial charge in [0, 0.05) is 11.1 Å². The number of aliphatic carboxylic acids is 1. The van der Waals surface area contributed by atoms with Crippen molar-refractivity contribution >= 4 is 11.9 Å². The third kappa shape index (κ3) is 3.71. The number of carbonyl (C=O) groups excluding carboxylic acids is 1. The van der Waals surface area contributed by atoms with Gasteiger partial charge in [0.05, 0.1) is 6.42 Å². The van der Waals surface area contributed by atoms with Crippen LogP contribution in [-0.2, 0) is 25.8 Å². The average molecular weight is 378 g/mol. The number of rotatable bonds is 6. The summed E-state index contributed by atoms with van der Waals surface area (Å²) in [5.74, 6) is -7.21. The largest absolute Gasteiger partial charge is 0.478 e. The van der Waals surface area contributed by atoms with Crippen molar-refractivity contribution in [2.75, 3.05) is 0 Å². The van der Waals surface area contributed by atoms with Crippen molar-refractivity contribution in [1.29, 1.82) is 0 Å². The quantitative estimate of drug-likeness (QED) is 0.456. The second-order valence-electron chi connectivity index (χ2n) is 6.06. The molecule has 1 saturated carbocycles. The Morgan fingerprint density at radius 2 is 1.65 bits per heavy atom. The first-order valence-electron chi connectivity index (χ1n) is 7.57. The van der Waals surface area contributed by atoms with Crippen LogP contribution in [0, 0.1) is 0 Å². The Labute approximate surface area is 145 Å². The van der Waals surface area contributed by atoms with E-state index in [1.165, 1.54) is 0 Å². The fourth-order valence-electron chi connectivity index (χ4n) is 2.60.